The van der Waals surface area contributed by atoms with Crippen LogP contribution in [0, 0.1) is 11.3 Å². The van der Waals surface area contributed by atoms with Gasteiger partial charge in [-0.2, -0.15) is 5.26 Å². The van der Waals surface area contributed by atoms with Crippen molar-refractivity contribution in [1.29, 1.82) is 5.26 Å². The summed E-state index contributed by atoms with van der Waals surface area (Å²) in [5.74, 6) is -0.583. The number of allylic oxidation sites excluding steroid dienone is 2. The van der Waals surface area contributed by atoms with E-state index in [9.17, 15) is 10.1 Å². The van der Waals surface area contributed by atoms with Crippen molar-refractivity contribution in [3.8, 4) is 6.07 Å². The Balaban J connectivity index is 2.20. The van der Waals surface area contributed by atoms with Gasteiger partial charge in [0.1, 0.15) is 11.6 Å². The van der Waals surface area contributed by atoms with Crippen molar-refractivity contribution in [1.82, 2.24) is 0 Å². The van der Waals surface area contributed by atoms with Crippen LogP contribution in [0.5, 0.6) is 0 Å². The van der Waals surface area contributed by atoms with Gasteiger partial charge in [-0.3, -0.25) is 0 Å². The van der Waals surface area contributed by atoms with Crippen molar-refractivity contribution in [2.75, 3.05) is 6.61 Å². The lowest BCUT2D eigenvalue weighted by atomic mass is 9.98. The highest BCUT2D eigenvalue weighted by molar-refractivity contribution is 8.08. The second-order valence-electron chi connectivity index (χ2n) is 5.09. The van der Waals surface area contributed by atoms with E-state index >= 15 is 0 Å². The van der Waals surface area contributed by atoms with Crippen molar-refractivity contribution < 1.29 is 9.53 Å². The number of nitrogens with zero attached hydrogens (tertiary/aromatic N) is 1. The molecule has 0 unspecified atom stereocenters. The average Bonchev–Trinajstić information content (AvgIpc) is 2.63. The summed E-state index contributed by atoms with van der Waals surface area (Å²) in [5.41, 5.74) is 2.59. The van der Waals surface area contributed by atoms with Crippen LogP contribution in [0.1, 0.15) is 18.1 Å². The zero-order valence-electron chi connectivity index (χ0n) is 13.2. The third-order valence-electron chi connectivity index (χ3n) is 3.59. The number of ether oxygens (including phenoxy) is 1. The summed E-state index contributed by atoms with van der Waals surface area (Å²) in [5, 5.41) is 9.51. The summed E-state index contributed by atoms with van der Waals surface area (Å²) in [4.78, 5) is 14.2. The molecule has 0 aromatic heterocycles. The summed E-state index contributed by atoms with van der Waals surface area (Å²) >= 11 is 1.63. The lowest BCUT2D eigenvalue weighted by Gasteiger charge is -2.19. The summed E-state index contributed by atoms with van der Waals surface area (Å²) in [6.07, 6.45) is 1.90. The molecule has 0 radical (unpaired) electrons. The SMILES string of the molecule is CCOC(=O)C(C#N)=C1C=C(c2ccccc2)Sc2ccccc21. The van der Waals surface area contributed by atoms with E-state index in [1.54, 1.807) is 18.7 Å². The standard InChI is InChI=1S/C20H15NO2S/c1-2-23-20(22)17(13-21)16-12-19(14-8-4-3-5-9-14)24-18-11-7-6-10-15(16)18/h3-12H,2H2,1H3. The molecule has 0 aliphatic carbocycles. The highest BCUT2D eigenvalue weighted by atomic mass is 32.2. The average molecular weight is 333 g/mol. The van der Waals surface area contributed by atoms with Crippen LogP contribution in [0.2, 0.25) is 0 Å². The number of esters is 1. The predicted octanol–water partition coefficient (Wildman–Crippen LogP) is 4.67. The van der Waals surface area contributed by atoms with E-state index in [1.165, 1.54) is 0 Å². The van der Waals surface area contributed by atoms with Gasteiger partial charge < -0.3 is 4.74 Å². The number of carbonyl (C=O) groups excluding carboxylic acids is 1. The summed E-state index contributed by atoms with van der Waals surface area (Å²) in [6.45, 7) is 1.97. The topological polar surface area (TPSA) is 50.1 Å². The van der Waals surface area contributed by atoms with E-state index in [-0.39, 0.29) is 12.2 Å². The van der Waals surface area contributed by atoms with E-state index in [1.807, 2.05) is 66.7 Å². The molecule has 4 heteroatoms. The van der Waals surface area contributed by atoms with Gasteiger partial charge in [0.05, 0.1) is 6.61 Å². The Hall–Kier alpha value is -2.77. The van der Waals surface area contributed by atoms with Crippen molar-refractivity contribution in [3.63, 3.8) is 0 Å². The fourth-order valence-corrected chi connectivity index (χ4v) is 3.61. The molecule has 3 nitrogen and oxygen atoms in total. The van der Waals surface area contributed by atoms with Crippen LogP contribution >= 0.6 is 11.8 Å². The zero-order chi connectivity index (χ0) is 16.9. The number of carbonyl (C=O) groups is 1. The Morgan fingerprint density at radius 2 is 1.83 bits per heavy atom. The molecule has 2 aromatic carbocycles. The number of nitriles is 1. The molecule has 1 aliphatic rings. The molecule has 1 aliphatic heterocycles. The Morgan fingerprint density at radius 3 is 2.54 bits per heavy atom. The van der Waals surface area contributed by atoms with Crippen LogP contribution in [0.4, 0.5) is 0 Å². The second-order valence-corrected chi connectivity index (χ2v) is 6.18. The molecule has 1 heterocycles. The van der Waals surface area contributed by atoms with E-state index in [2.05, 4.69) is 0 Å². The first kappa shape index (κ1) is 16.1. The summed E-state index contributed by atoms with van der Waals surface area (Å²) < 4.78 is 5.05. The number of thioether (sulfide) groups is 1. The maximum absolute atomic E-state index is 12.2. The molecular formula is C20H15NO2S. The van der Waals surface area contributed by atoms with E-state index in [4.69, 9.17) is 4.74 Å². The fraction of sp³-hybridized carbons (Fsp3) is 0.100. The van der Waals surface area contributed by atoms with Gasteiger partial charge in [0.15, 0.2) is 0 Å². The lowest BCUT2D eigenvalue weighted by Crippen LogP contribution is -2.09. The predicted molar refractivity (Wildman–Crippen MR) is 95.9 cm³/mol. The molecule has 0 atom stereocenters. The van der Waals surface area contributed by atoms with Crippen LogP contribution in [0.25, 0.3) is 10.5 Å². The van der Waals surface area contributed by atoms with Crippen molar-refractivity contribution in [2.24, 2.45) is 0 Å². The molecule has 2 aromatic rings. The number of hydrogen-bond donors (Lipinski definition) is 0. The Morgan fingerprint density at radius 1 is 1.12 bits per heavy atom. The van der Waals surface area contributed by atoms with Crippen LogP contribution in [0.3, 0.4) is 0 Å². The van der Waals surface area contributed by atoms with E-state index in [0.717, 1.165) is 20.9 Å². The third-order valence-corrected chi connectivity index (χ3v) is 4.74. The highest BCUT2D eigenvalue weighted by Gasteiger charge is 2.23. The van der Waals surface area contributed by atoms with Crippen molar-refractivity contribution in [2.45, 2.75) is 11.8 Å². The van der Waals surface area contributed by atoms with Gasteiger partial charge in [-0.1, -0.05) is 60.3 Å². The lowest BCUT2D eigenvalue weighted by molar-refractivity contribution is -0.137. The molecule has 3 rings (SSSR count). The van der Waals surface area contributed by atoms with Crippen LogP contribution in [0.15, 0.2) is 71.1 Å². The first-order chi connectivity index (χ1) is 11.7. The highest BCUT2D eigenvalue weighted by Crippen LogP contribution is 2.45. The minimum atomic E-state index is -0.583. The maximum atomic E-state index is 12.2. The molecule has 0 fully saturated rings. The summed E-state index contributed by atoms with van der Waals surface area (Å²) in [7, 11) is 0. The number of rotatable bonds is 3. The van der Waals surface area contributed by atoms with Gasteiger partial charge in [0.2, 0.25) is 0 Å². The van der Waals surface area contributed by atoms with Crippen LogP contribution in [-0.4, -0.2) is 12.6 Å². The first-order valence-electron chi connectivity index (χ1n) is 7.60. The molecule has 0 bridgehead atoms. The molecule has 0 saturated heterocycles. The summed E-state index contributed by atoms with van der Waals surface area (Å²) in [6, 6.07) is 19.7. The fourth-order valence-electron chi connectivity index (χ4n) is 2.51. The molecule has 0 spiro atoms. The Kier molecular flexibility index (Phi) is 4.83. The van der Waals surface area contributed by atoms with E-state index < -0.39 is 5.97 Å². The quantitative estimate of drug-likeness (QED) is 0.465. The third kappa shape index (κ3) is 3.12. The minimum Gasteiger partial charge on any atom is -0.462 e. The van der Waals surface area contributed by atoms with Crippen molar-refractivity contribution in [3.05, 3.63) is 77.4 Å². The molecule has 118 valence electrons. The minimum absolute atomic E-state index is 0.0398. The zero-order valence-corrected chi connectivity index (χ0v) is 14.0. The molecule has 0 saturated carbocycles. The second kappa shape index (κ2) is 7.20. The molecular weight excluding hydrogens is 318 g/mol. The Labute approximate surface area is 145 Å². The van der Waals surface area contributed by atoms with Gasteiger partial charge in [0, 0.05) is 15.4 Å². The van der Waals surface area contributed by atoms with Gasteiger partial charge in [-0.05, 0) is 30.2 Å². The van der Waals surface area contributed by atoms with Gasteiger partial charge in [-0.25, -0.2) is 4.79 Å². The number of benzene rings is 2. The maximum Gasteiger partial charge on any atom is 0.349 e. The monoisotopic (exact) mass is 333 g/mol. The normalized spacial score (nSPS) is 14.9. The van der Waals surface area contributed by atoms with Gasteiger partial charge in [-0.15, -0.1) is 0 Å². The smallest absolute Gasteiger partial charge is 0.349 e. The Bertz CT molecular complexity index is 876. The van der Waals surface area contributed by atoms with Crippen LogP contribution in [-0.2, 0) is 9.53 Å². The van der Waals surface area contributed by atoms with E-state index in [0.29, 0.717) is 5.57 Å². The number of fused-ring (bicyclic) bond motifs is 1. The molecule has 0 amide bonds. The largest absolute Gasteiger partial charge is 0.462 e. The molecule has 24 heavy (non-hydrogen) atoms. The first-order valence-corrected chi connectivity index (χ1v) is 8.42. The molecule has 0 N–H and O–H groups in total. The van der Waals surface area contributed by atoms with Gasteiger partial charge >= 0.3 is 5.97 Å². The van der Waals surface area contributed by atoms with Crippen molar-refractivity contribution >= 4 is 28.2 Å². The van der Waals surface area contributed by atoms with Gasteiger partial charge in [0.25, 0.3) is 0 Å². The van der Waals surface area contributed by atoms with Crippen LogP contribution < -0.4 is 0 Å². The number of hydrogen-bond acceptors (Lipinski definition) is 4.